The molecule has 1 aliphatic rings. The molecule has 2 aromatic carbocycles. The van der Waals surface area contributed by atoms with Gasteiger partial charge in [0.25, 0.3) is 0 Å². The van der Waals surface area contributed by atoms with Crippen LogP contribution >= 0.6 is 11.6 Å². The van der Waals surface area contributed by atoms with Crippen molar-refractivity contribution < 1.29 is 4.79 Å². The monoisotopic (exact) mass is 476 g/mol. The minimum atomic E-state index is -0.337. The Balaban J connectivity index is 1.69. The average molecular weight is 477 g/mol. The van der Waals surface area contributed by atoms with Gasteiger partial charge in [-0.3, -0.25) is 4.79 Å². The van der Waals surface area contributed by atoms with Gasteiger partial charge in [-0.2, -0.15) is 0 Å². The summed E-state index contributed by atoms with van der Waals surface area (Å²) in [6.07, 6.45) is 6.42. The van der Waals surface area contributed by atoms with Crippen molar-refractivity contribution in [3.63, 3.8) is 0 Å². The number of carbonyl (C=O) groups excluding carboxylic acids is 1. The molecule has 34 heavy (non-hydrogen) atoms. The summed E-state index contributed by atoms with van der Waals surface area (Å²) >= 11 is 6.13. The van der Waals surface area contributed by atoms with E-state index in [0.717, 1.165) is 35.5 Å². The third kappa shape index (κ3) is 6.15. The van der Waals surface area contributed by atoms with Crippen LogP contribution in [0.1, 0.15) is 56.7 Å². The van der Waals surface area contributed by atoms with E-state index in [4.69, 9.17) is 16.6 Å². The number of aryl methyl sites for hydroxylation is 1. The van der Waals surface area contributed by atoms with Crippen molar-refractivity contribution in [2.24, 2.45) is 0 Å². The molecule has 6 heteroatoms. The minimum Gasteiger partial charge on any atom is -0.352 e. The minimum absolute atomic E-state index is 0.0703. The lowest BCUT2D eigenvalue weighted by Gasteiger charge is -2.33. The molecule has 1 fully saturated rings. The number of anilines is 1. The van der Waals surface area contributed by atoms with Gasteiger partial charge in [-0.15, -0.1) is 0 Å². The van der Waals surface area contributed by atoms with Crippen molar-refractivity contribution in [1.82, 2.24) is 15.3 Å². The first-order valence-electron chi connectivity index (χ1n) is 12.3. The Kier molecular flexibility index (Phi) is 8.17. The molecule has 0 aliphatic heterocycles. The first-order valence-corrected chi connectivity index (χ1v) is 12.6. The zero-order valence-electron chi connectivity index (χ0n) is 20.0. The molecule has 0 spiro atoms. The Hall–Kier alpha value is -2.92. The van der Waals surface area contributed by atoms with Crippen molar-refractivity contribution in [3.8, 4) is 11.4 Å². The Morgan fingerprint density at radius 3 is 2.44 bits per heavy atom. The van der Waals surface area contributed by atoms with Crippen LogP contribution in [0, 0.1) is 6.92 Å². The predicted octanol–water partition coefficient (Wildman–Crippen LogP) is 6.34. The zero-order valence-corrected chi connectivity index (χ0v) is 20.8. The van der Waals surface area contributed by atoms with E-state index in [-0.39, 0.29) is 18.0 Å². The summed E-state index contributed by atoms with van der Waals surface area (Å²) in [6, 6.07) is 19.7. The molecule has 0 saturated heterocycles. The number of nitrogens with one attached hydrogen (secondary N) is 1. The molecule has 1 N–H and O–H groups in total. The van der Waals surface area contributed by atoms with Gasteiger partial charge >= 0.3 is 0 Å². The van der Waals surface area contributed by atoms with Crippen molar-refractivity contribution in [3.05, 3.63) is 76.9 Å². The highest BCUT2D eigenvalue weighted by Gasteiger charge is 2.28. The molecule has 1 atom stereocenters. The number of rotatable bonds is 8. The van der Waals surface area contributed by atoms with E-state index in [9.17, 15) is 4.79 Å². The Labute approximate surface area is 207 Å². The van der Waals surface area contributed by atoms with Crippen LogP contribution in [0.4, 0.5) is 5.82 Å². The summed E-state index contributed by atoms with van der Waals surface area (Å²) in [5.74, 6) is 1.49. The second-order valence-corrected chi connectivity index (χ2v) is 9.52. The van der Waals surface area contributed by atoms with E-state index >= 15 is 0 Å². The molecule has 0 bridgehead atoms. The summed E-state index contributed by atoms with van der Waals surface area (Å²) in [4.78, 5) is 25.2. The van der Waals surface area contributed by atoms with E-state index < -0.39 is 0 Å². The van der Waals surface area contributed by atoms with Crippen LogP contribution in [0.3, 0.4) is 0 Å². The van der Waals surface area contributed by atoms with E-state index in [0.29, 0.717) is 23.8 Å². The standard InChI is InChI=1S/C28H33ClN4O/c1-3-25(28(34)31-24-12-8-5-9-13-24)33(19-21-14-16-23(29)17-15-21)26-18-20(2)30-27(32-26)22-10-6-4-7-11-22/h4,6-7,10-11,14-18,24-25H,3,5,8-9,12-13,19H2,1-2H3,(H,31,34). The van der Waals surface area contributed by atoms with Gasteiger partial charge in [-0.05, 0) is 43.9 Å². The van der Waals surface area contributed by atoms with Crippen LogP contribution in [0.25, 0.3) is 11.4 Å². The van der Waals surface area contributed by atoms with Gasteiger partial charge in [0.05, 0.1) is 0 Å². The maximum atomic E-state index is 13.5. The number of amides is 1. The fourth-order valence-electron chi connectivity index (χ4n) is 4.64. The molecule has 1 saturated carbocycles. The lowest BCUT2D eigenvalue weighted by molar-refractivity contribution is -0.123. The van der Waals surface area contributed by atoms with Gasteiger partial charge in [0.15, 0.2) is 5.82 Å². The van der Waals surface area contributed by atoms with E-state index in [1.165, 1.54) is 19.3 Å². The number of halogens is 1. The first-order chi connectivity index (χ1) is 16.5. The number of carbonyl (C=O) groups is 1. The average Bonchev–Trinajstić information content (AvgIpc) is 2.86. The topological polar surface area (TPSA) is 58.1 Å². The summed E-state index contributed by atoms with van der Waals surface area (Å²) < 4.78 is 0. The molecule has 178 valence electrons. The second-order valence-electron chi connectivity index (χ2n) is 9.08. The van der Waals surface area contributed by atoms with Crippen LogP contribution in [0.2, 0.25) is 5.02 Å². The van der Waals surface area contributed by atoms with Crippen LogP contribution < -0.4 is 10.2 Å². The summed E-state index contributed by atoms with van der Waals surface area (Å²) in [5, 5.41) is 4.03. The molecule has 3 aromatic rings. The van der Waals surface area contributed by atoms with Crippen molar-refractivity contribution >= 4 is 23.3 Å². The fraction of sp³-hybridized carbons (Fsp3) is 0.393. The normalized spacial score (nSPS) is 15.0. The highest BCUT2D eigenvalue weighted by molar-refractivity contribution is 6.30. The summed E-state index contributed by atoms with van der Waals surface area (Å²) in [5.41, 5.74) is 2.90. The third-order valence-corrected chi connectivity index (χ3v) is 6.70. The Bertz CT molecular complexity index is 1080. The van der Waals surface area contributed by atoms with Gasteiger partial charge < -0.3 is 10.2 Å². The molecule has 1 aromatic heterocycles. The molecule has 1 unspecified atom stereocenters. The molecular formula is C28H33ClN4O. The fourth-order valence-corrected chi connectivity index (χ4v) is 4.77. The predicted molar refractivity (Wildman–Crippen MR) is 139 cm³/mol. The molecule has 0 radical (unpaired) electrons. The lowest BCUT2D eigenvalue weighted by Crippen LogP contribution is -2.50. The Morgan fingerprint density at radius 2 is 1.76 bits per heavy atom. The lowest BCUT2D eigenvalue weighted by atomic mass is 9.95. The van der Waals surface area contributed by atoms with E-state index in [1.807, 2.05) is 67.6 Å². The molecule has 5 nitrogen and oxygen atoms in total. The van der Waals surface area contributed by atoms with Gasteiger partial charge in [0.1, 0.15) is 11.9 Å². The van der Waals surface area contributed by atoms with E-state index in [1.54, 1.807) is 0 Å². The van der Waals surface area contributed by atoms with Gasteiger partial charge in [0.2, 0.25) is 5.91 Å². The van der Waals surface area contributed by atoms with Gasteiger partial charge in [-0.1, -0.05) is 80.3 Å². The van der Waals surface area contributed by atoms with Crippen molar-refractivity contribution in [2.45, 2.75) is 71.0 Å². The first kappa shape index (κ1) is 24.2. The van der Waals surface area contributed by atoms with Crippen LogP contribution in [-0.2, 0) is 11.3 Å². The summed E-state index contributed by atoms with van der Waals surface area (Å²) in [7, 11) is 0. The smallest absolute Gasteiger partial charge is 0.242 e. The highest BCUT2D eigenvalue weighted by atomic mass is 35.5. The quantitative estimate of drug-likeness (QED) is 0.412. The number of hydrogen-bond acceptors (Lipinski definition) is 4. The van der Waals surface area contributed by atoms with Crippen LogP contribution in [-0.4, -0.2) is 28.0 Å². The third-order valence-electron chi connectivity index (χ3n) is 6.45. The number of aromatic nitrogens is 2. The zero-order chi connectivity index (χ0) is 23.9. The van der Waals surface area contributed by atoms with Gasteiger partial charge in [-0.25, -0.2) is 9.97 Å². The maximum absolute atomic E-state index is 13.5. The van der Waals surface area contributed by atoms with E-state index in [2.05, 4.69) is 22.1 Å². The molecule has 1 aliphatic carbocycles. The number of hydrogen-bond donors (Lipinski definition) is 1. The SMILES string of the molecule is CCC(C(=O)NC1CCCCC1)N(Cc1ccc(Cl)cc1)c1cc(C)nc(-c2ccccc2)n1. The largest absolute Gasteiger partial charge is 0.352 e. The van der Waals surface area contributed by atoms with Crippen molar-refractivity contribution in [2.75, 3.05) is 4.90 Å². The number of nitrogens with zero attached hydrogens (tertiary/aromatic N) is 3. The maximum Gasteiger partial charge on any atom is 0.242 e. The van der Waals surface area contributed by atoms with Gasteiger partial charge in [0, 0.05) is 34.9 Å². The second kappa shape index (κ2) is 11.5. The molecule has 4 rings (SSSR count). The van der Waals surface area contributed by atoms with Crippen molar-refractivity contribution in [1.29, 1.82) is 0 Å². The highest BCUT2D eigenvalue weighted by Crippen LogP contribution is 2.26. The Morgan fingerprint density at radius 1 is 1.06 bits per heavy atom. The van der Waals surface area contributed by atoms with Crippen LogP contribution in [0.15, 0.2) is 60.7 Å². The summed E-state index contributed by atoms with van der Waals surface area (Å²) in [6.45, 7) is 4.59. The van der Waals surface area contributed by atoms with Crippen LogP contribution in [0.5, 0.6) is 0 Å². The number of benzene rings is 2. The molecule has 1 heterocycles. The molecular weight excluding hydrogens is 444 g/mol. The molecule has 1 amide bonds.